The molecule has 1 heterocycles. The Morgan fingerprint density at radius 3 is 2.68 bits per heavy atom. The van der Waals surface area contributed by atoms with Crippen molar-refractivity contribution in [1.82, 2.24) is 10.2 Å². The molecule has 2 amide bonds. The van der Waals surface area contributed by atoms with E-state index in [4.69, 9.17) is 5.11 Å². The molecule has 2 fully saturated rings. The van der Waals surface area contributed by atoms with Crippen LogP contribution >= 0.6 is 11.8 Å². The zero-order valence-electron chi connectivity index (χ0n) is 11.1. The van der Waals surface area contributed by atoms with Crippen molar-refractivity contribution in [2.75, 3.05) is 18.2 Å². The molecular weight excluding hydrogens is 264 g/mol. The second kappa shape index (κ2) is 7.03. The molecule has 1 aliphatic carbocycles. The van der Waals surface area contributed by atoms with Crippen LogP contribution in [0.4, 0.5) is 4.79 Å². The van der Waals surface area contributed by atoms with Gasteiger partial charge in [0.2, 0.25) is 0 Å². The number of carbonyl (C=O) groups is 2. The first kappa shape index (κ1) is 14.5. The summed E-state index contributed by atoms with van der Waals surface area (Å²) in [5, 5.41) is 11.9. The summed E-state index contributed by atoms with van der Waals surface area (Å²) < 4.78 is 0. The first-order valence-corrected chi connectivity index (χ1v) is 8.19. The van der Waals surface area contributed by atoms with Gasteiger partial charge in [0, 0.05) is 12.3 Å². The molecular formula is C13H22N2O3S. The first-order valence-electron chi connectivity index (χ1n) is 7.03. The van der Waals surface area contributed by atoms with Crippen molar-refractivity contribution in [3.8, 4) is 0 Å². The van der Waals surface area contributed by atoms with Crippen LogP contribution in [0.2, 0.25) is 0 Å². The Labute approximate surface area is 118 Å². The Hall–Kier alpha value is -0.910. The van der Waals surface area contributed by atoms with E-state index in [0.717, 1.165) is 12.3 Å². The van der Waals surface area contributed by atoms with E-state index >= 15 is 0 Å². The fourth-order valence-electron chi connectivity index (χ4n) is 2.81. The molecule has 1 saturated carbocycles. The summed E-state index contributed by atoms with van der Waals surface area (Å²) in [5.74, 6) is 0.794. The van der Waals surface area contributed by atoms with Crippen LogP contribution in [-0.2, 0) is 4.79 Å². The maximum Gasteiger partial charge on any atom is 0.327 e. The van der Waals surface area contributed by atoms with Crippen molar-refractivity contribution in [2.24, 2.45) is 5.92 Å². The van der Waals surface area contributed by atoms with Crippen LogP contribution in [0.15, 0.2) is 0 Å². The topological polar surface area (TPSA) is 69.6 Å². The molecule has 0 spiro atoms. The lowest BCUT2D eigenvalue weighted by Gasteiger charge is -2.24. The zero-order chi connectivity index (χ0) is 13.7. The fourth-order valence-corrected chi connectivity index (χ4v) is 3.95. The highest BCUT2D eigenvalue weighted by molar-refractivity contribution is 7.99. The third-order valence-electron chi connectivity index (χ3n) is 3.98. The summed E-state index contributed by atoms with van der Waals surface area (Å²) in [6, 6.07) is -0.895. The number of hydrogen-bond donors (Lipinski definition) is 2. The largest absolute Gasteiger partial charge is 0.480 e. The van der Waals surface area contributed by atoms with Crippen LogP contribution in [0.1, 0.15) is 38.5 Å². The highest BCUT2D eigenvalue weighted by Gasteiger charge is 2.34. The van der Waals surface area contributed by atoms with E-state index < -0.39 is 12.0 Å². The molecule has 1 atom stereocenters. The van der Waals surface area contributed by atoms with Gasteiger partial charge >= 0.3 is 12.0 Å². The van der Waals surface area contributed by atoms with E-state index in [9.17, 15) is 9.59 Å². The predicted octanol–water partition coefficient (Wildman–Crippen LogP) is 2.13. The van der Waals surface area contributed by atoms with Gasteiger partial charge < -0.3 is 15.3 Å². The number of thioether (sulfide) groups is 1. The second-order valence-corrected chi connectivity index (χ2v) is 6.35. The minimum Gasteiger partial charge on any atom is -0.480 e. The van der Waals surface area contributed by atoms with Gasteiger partial charge in [0.25, 0.3) is 0 Å². The van der Waals surface area contributed by atoms with Gasteiger partial charge in [0.05, 0.1) is 5.88 Å². The van der Waals surface area contributed by atoms with Gasteiger partial charge in [-0.05, 0) is 12.3 Å². The lowest BCUT2D eigenvalue weighted by molar-refractivity contribution is -0.140. The average molecular weight is 286 g/mol. The summed E-state index contributed by atoms with van der Waals surface area (Å²) >= 11 is 1.49. The molecule has 0 aromatic rings. The third-order valence-corrected chi connectivity index (χ3v) is 4.99. The number of carboxylic acids is 1. The third kappa shape index (κ3) is 4.03. The SMILES string of the molecule is O=C(O)[C@@H]1CSCN1C(=O)NCCC1CCCCC1. The monoisotopic (exact) mass is 286 g/mol. The lowest BCUT2D eigenvalue weighted by Crippen LogP contribution is -2.47. The predicted molar refractivity (Wildman–Crippen MR) is 75.2 cm³/mol. The molecule has 0 unspecified atom stereocenters. The van der Waals surface area contributed by atoms with Gasteiger partial charge in [-0.2, -0.15) is 0 Å². The minimum absolute atomic E-state index is 0.229. The zero-order valence-corrected chi connectivity index (χ0v) is 12.0. The van der Waals surface area contributed by atoms with E-state index in [1.54, 1.807) is 0 Å². The van der Waals surface area contributed by atoms with Gasteiger partial charge in [-0.1, -0.05) is 32.1 Å². The lowest BCUT2D eigenvalue weighted by atomic mass is 9.87. The average Bonchev–Trinajstić information content (AvgIpc) is 2.89. The molecule has 1 aliphatic heterocycles. The summed E-state index contributed by atoms with van der Waals surface area (Å²) in [7, 11) is 0. The van der Waals surface area contributed by atoms with Crippen molar-refractivity contribution in [3.05, 3.63) is 0 Å². The van der Waals surface area contributed by atoms with E-state index in [-0.39, 0.29) is 6.03 Å². The van der Waals surface area contributed by atoms with Crippen molar-refractivity contribution >= 4 is 23.8 Å². The highest BCUT2D eigenvalue weighted by Crippen LogP contribution is 2.26. The van der Waals surface area contributed by atoms with Gasteiger partial charge in [-0.25, -0.2) is 9.59 Å². The Morgan fingerprint density at radius 1 is 1.26 bits per heavy atom. The second-order valence-electron chi connectivity index (χ2n) is 5.35. The summed E-state index contributed by atoms with van der Waals surface area (Å²) in [6.45, 7) is 0.664. The van der Waals surface area contributed by atoms with Gasteiger partial charge in [0.1, 0.15) is 6.04 Å². The Morgan fingerprint density at radius 2 is 2.00 bits per heavy atom. The van der Waals surface area contributed by atoms with E-state index in [2.05, 4.69) is 5.32 Å². The molecule has 0 aromatic carbocycles. The normalized spacial score (nSPS) is 24.4. The minimum atomic E-state index is -0.910. The number of amides is 2. The van der Waals surface area contributed by atoms with Gasteiger partial charge in [0.15, 0.2) is 0 Å². The molecule has 0 aromatic heterocycles. The fraction of sp³-hybridized carbons (Fsp3) is 0.846. The van der Waals surface area contributed by atoms with Gasteiger partial charge in [-0.15, -0.1) is 11.8 Å². The molecule has 5 nitrogen and oxygen atoms in total. The quantitative estimate of drug-likeness (QED) is 0.830. The number of hydrogen-bond acceptors (Lipinski definition) is 3. The highest BCUT2D eigenvalue weighted by atomic mass is 32.2. The van der Waals surface area contributed by atoms with Crippen molar-refractivity contribution in [2.45, 2.75) is 44.6 Å². The van der Waals surface area contributed by atoms with Crippen molar-refractivity contribution in [1.29, 1.82) is 0 Å². The molecule has 19 heavy (non-hydrogen) atoms. The number of urea groups is 1. The summed E-state index contributed by atoms with van der Waals surface area (Å²) in [4.78, 5) is 24.4. The number of aliphatic carboxylic acids is 1. The van der Waals surface area contributed by atoms with Crippen LogP contribution < -0.4 is 5.32 Å². The number of nitrogens with one attached hydrogen (secondary N) is 1. The molecule has 2 aliphatic rings. The van der Waals surface area contributed by atoms with E-state index in [1.807, 2.05) is 0 Å². The molecule has 2 rings (SSSR count). The Bertz CT molecular complexity index is 332. The molecule has 108 valence electrons. The summed E-state index contributed by atoms with van der Waals surface area (Å²) in [6.07, 6.45) is 7.52. The van der Waals surface area contributed by atoms with E-state index in [0.29, 0.717) is 18.2 Å². The smallest absolute Gasteiger partial charge is 0.327 e. The van der Waals surface area contributed by atoms with Crippen molar-refractivity contribution < 1.29 is 14.7 Å². The maximum absolute atomic E-state index is 11.9. The van der Waals surface area contributed by atoms with Crippen LogP contribution in [0.25, 0.3) is 0 Å². The Kier molecular flexibility index (Phi) is 5.36. The number of nitrogens with zero attached hydrogens (tertiary/aromatic N) is 1. The van der Waals surface area contributed by atoms with Crippen molar-refractivity contribution in [3.63, 3.8) is 0 Å². The van der Waals surface area contributed by atoms with Gasteiger partial charge in [-0.3, -0.25) is 0 Å². The number of rotatable bonds is 4. The first-order chi connectivity index (χ1) is 9.18. The molecule has 2 N–H and O–H groups in total. The number of carboxylic acid groups (broad SMARTS) is 1. The van der Waals surface area contributed by atoms with Crippen LogP contribution in [-0.4, -0.2) is 46.2 Å². The van der Waals surface area contributed by atoms with Crippen LogP contribution in [0.5, 0.6) is 0 Å². The maximum atomic E-state index is 11.9. The Balaban J connectivity index is 1.70. The number of carbonyl (C=O) groups excluding carboxylic acids is 1. The molecule has 1 saturated heterocycles. The van der Waals surface area contributed by atoms with Crippen LogP contribution in [0.3, 0.4) is 0 Å². The molecule has 0 bridgehead atoms. The van der Waals surface area contributed by atoms with Crippen LogP contribution in [0, 0.1) is 5.92 Å². The molecule has 6 heteroatoms. The summed E-state index contributed by atoms with van der Waals surface area (Å²) in [5.41, 5.74) is 0. The van der Waals surface area contributed by atoms with E-state index in [1.165, 1.54) is 48.8 Å². The molecule has 0 radical (unpaired) electrons. The standard InChI is InChI=1S/C13H22N2O3S/c16-12(17)11-8-19-9-15(11)13(18)14-7-6-10-4-2-1-3-5-10/h10-11H,1-9H2,(H,14,18)(H,16,17)/t11-/m0/s1.